The van der Waals surface area contributed by atoms with Gasteiger partial charge in [0.2, 0.25) is 0 Å². The number of rotatable bonds is 10. The zero-order chi connectivity index (χ0) is 25.8. The van der Waals surface area contributed by atoms with Gasteiger partial charge in [-0.3, -0.25) is 4.99 Å². The summed E-state index contributed by atoms with van der Waals surface area (Å²) in [6.07, 6.45) is 12.1. The number of hydrogen-bond acceptors (Lipinski definition) is 3. The van der Waals surface area contributed by atoms with Crippen LogP contribution < -0.4 is 10.1 Å². The number of aryl methyl sites for hydroxylation is 1. The Hall–Kier alpha value is -3.84. The van der Waals surface area contributed by atoms with Crippen molar-refractivity contribution < 1.29 is 4.74 Å². The zero-order valence-corrected chi connectivity index (χ0v) is 21.9. The van der Waals surface area contributed by atoms with Crippen molar-refractivity contribution in [2.45, 2.75) is 47.5 Å². The third kappa shape index (κ3) is 7.86. The standard InChI is InChI=1S/C31H37N3O/c1-8-10-16-33-31(34-21-24(5)13-12-22(3)11-9-2)29-18-26(19-30(35-7)25(29)6)28-15-14-23(4)17-27(28)20-32/h10-19H,5,8-9,21H2,1-4,6-7H3,(H,33,34)/b13-12-,16-10+,22-11+. The third-order valence-corrected chi connectivity index (χ3v) is 5.56. The Morgan fingerprint density at radius 2 is 1.91 bits per heavy atom. The van der Waals surface area contributed by atoms with E-state index in [1.807, 2.05) is 56.5 Å². The summed E-state index contributed by atoms with van der Waals surface area (Å²) < 4.78 is 5.72. The molecule has 0 spiro atoms. The number of methoxy groups -OCH3 is 1. The summed E-state index contributed by atoms with van der Waals surface area (Å²) in [6, 6.07) is 12.3. The van der Waals surface area contributed by atoms with Crippen LogP contribution in [0.15, 0.2) is 83.6 Å². The van der Waals surface area contributed by atoms with Gasteiger partial charge < -0.3 is 10.1 Å². The molecule has 35 heavy (non-hydrogen) atoms. The summed E-state index contributed by atoms with van der Waals surface area (Å²) in [5.41, 5.74) is 7.48. The molecule has 0 heterocycles. The molecule has 0 bridgehead atoms. The first kappa shape index (κ1) is 27.4. The van der Waals surface area contributed by atoms with E-state index in [1.54, 1.807) is 7.11 Å². The monoisotopic (exact) mass is 467 g/mol. The predicted octanol–water partition coefficient (Wildman–Crippen LogP) is 7.58. The lowest BCUT2D eigenvalue weighted by Gasteiger charge is -2.17. The number of aliphatic imine (C=N–C) groups is 1. The van der Waals surface area contributed by atoms with Crippen LogP contribution in [0.1, 0.15) is 55.9 Å². The molecule has 0 fully saturated rings. The molecular formula is C31H37N3O. The molecule has 2 rings (SSSR count). The Morgan fingerprint density at radius 1 is 1.14 bits per heavy atom. The van der Waals surface area contributed by atoms with Gasteiger partial charge in [0.1, 0.15) is 11.6 Å². The van der Waals surface area contributed by atoms with E-state index in [0.717, 1.165) is 57.8 Å². The molecule has 0 atom stereocenters. The summed E-state index contributed by atoms with van der Waals surface area (Å²) in [7, 11) is 1.66. The normalized spacial score (nSPS) is 12.3. The predicted molar refractivity (Wildman–Crippen MR) is 149 cm³/mol. The molecule has 0 aromatic heterocycles. The molecule has 0 aliphatic rings. The second kappa shape index (κ2) is 13.8. The fraction of sp³-hybridized carbons (Fsp3) is 0.290. The van der Waals surface area contributed by atoms with Gasteiger partial charge in [-0.25, -0.2) is 0 Å². The second-order valence-electron chi connectivity index (χ2n) is 8.48. The number of nitrogens with one attached hydrogen (secondary N) is 1. The molecule has 0 aliphatic carbocycles. The van der Waals surface area contributed by atoms with Gasteiger partial charge in [-0.05, 0) is 80.3 Å². The molecule has 0 aliphatic heterocycles. The van der Waals surface area contributed by atoms with Gasteiger partial charge in [0.15, 0.2) is 0 Å². The molecular weight excluding hydrogens is 430 g/mol. The van der Waals surface area contributed by atoms with E-state index >= 15 is 0 Å². The topological polar surface area (TPSA) is 57.4 Å². The Bertz CT molecular complexity index is 1210. The van der Waals surface area contributed by atoms with Crippen molar-refractivity contribution in [3.63, 3.8) is 0 Å². The van der Waals surface area contributed by atoms with Gasteiger partial charge in [0.25, 0.3) is 0 Å². The highest BCUT2D eigenvalue weighted by Crippen LogP contribution is 2.32. The molecule has 2 aromatic rings. The van der Waals surface area contributed by atoms with Gasteiger partial charge >= 0.3 is 0 Å². The van der Waals surface area contributed by atoms with E-state index in [0.29, 0.717) is 12.1 Å². The minimum absolute atomic E-state index is 0.457. The molecule has 2 aromatic carbocycles. The Labute approximate surface area is 211 Å². The Balaban J connectivity index is 2.57. The van der Waals surface area contributed by atoms with Crippen LogP contribution in [0.3, 0.4) is 0 Å². The first-order valence-corrected chi connectivity index (χ1v) is 12.0. The van der Waals surface area contributed by atoms with Crippen LogP contribution >= 0.6 is 0 Å². The lowest BCUT2D eigenvalue weighted by molar-refractivity contribution is 0.412. The van der Waals surface area contributed by atoms with Gasteiger partial charge in [-0.2, -0.15) is 5.26 Å². The average Bonchev–Trinajstić information content (AvgIpc) is 2.85. The molecule has 4 nitrogen and oxygen atoms in total. The van der Waals surface area contributed by atoms with Crippen LogP contribution in [0.4, 0.5) is 0 Å². The maximum Gasteiger partial charge on any atom is 0.133 e. The van der Waals surface area contributed by atoms with Crippen LogP contribution in [-0.4, -0.2) is 19.5 Å². The Kier molecular flexibility index (Phi) is 10.8. The van der Waals surface area contributed by atoms with E-state index in [2.05, 4.69) is 57.0 Å². The summed E-state index contributed by atoms with van der Waals surface area (Å²) >= 11 is 0. The molecule has 1 N–H and O–H groups in total. The van der Waals surface area contributed by atoms with E-state index in [4.69, 9.17) is 9.73 Å². The number of nitriles is 1. The molecule has 182 valence electrons. The van der Waals surface area contributed by atoms with Crippen molar-refractivity contribution in [2.24, 2.45) is 4.99 Å². The zero-order valence-electron chi connectivity index (χ0n) is 21.9. The molecule has 0 radical (unpaired) electrons. The fourth-order valence-corrected chi connectivity index (χ4v) is 3.64. The summed E-state index contributed by atoms with van der Waals surface area (Å²) in [5, 5.41) is 13.1. The van der Waals surface area contributed by atoms with Crippen molar-refractivity contribution in [3.05, 3.63) is 101 Å². The highest BCUT2D eigenvalue weighted by Gasteiger charge is 2.15. The first-order chi connectivity index (χ1) is 16.8. The maximum absolute atomic E-state index is 9.73. The molecule has 0 saturated carbocycles. The number of nitrogens with zero attached hydrogens (tertiary/aromatic N) is 2. The van der Waals surface area contributed by atoms with Crippen LogP contribution in [0.2, 0.25) is 0 Å². The van der Waals surface area contributed by atoms with Gasteiger partial charge in [0.05, 0.1) is 25.3 Å². The smallest absolute Gasteiger partial charge is 0.133 e. The Morgan fingerprint density at radius 3 is 2.57 bits per heavy atom. The van der Waals surface area contributed by atoms with E-state index in [-0.39, 0.29) is 0 Å². The third-order valence-electron chi connectivity index (χ3n) is 5.56. The molecule has 4 heteroatoms. The van der Waals surface area contributed by atoms with Crippen molar-refractivity contribution in [3.8, 4) is 22.9 Å². The SMILES string of the molecule is C=C(/C=C\C(C)=C\CC)CN=C(N/C=C/CC)c1cc(-c2ccc(C)cc2C#N)cc(OC)c1C. The number of ether oxygens (including phenoxy) is 1. The number of hydrogen-bond donors (Lipinski definition) is 1. The lowest BCUT2D eigenvalue weighted by atomic mass is 9.94. The second-order valence-corrected chi connectivity index (χ2v) is 8.48. The average molecular weight is 468 g/mol. The minimum Gasteiger partial charge on any atom is -0.496 e. The van der Waals surface area contributed by atoms with E-state index < -0.39 is 0 Å². The quantitative estimate of drug-likeness (QED) is 0.223. The highest BCUT2D eigenvalue weighted by molar-refractivity contribution is 6.02. The largest absolute Gasteiger partial charge is 0.496 e. The van der Waals surface area contributed by atoms with Crippen LogP contribution in [-0.2, 0) is 0 Å². The van der Waals surface area contributed by atoms with E-state index in [1.165, 1.54) is 5.57 Å². The number of amidine groups is 1. The van der Waals surface area contributed by atoms with Crippen molar-refractivity contribution >= 4 is 5.84 Å². The molecule has 0 unspecified atom stereocenters. The summed E-state index contributed by atoms with van der Waals surface area (Å²) in [6.45, 7) is 14.9. The van der Waals surface area contributed by atoms with E-state index in [9.17, 15) is 5.26 Å². The number of allylic oxidation sites excluding steroid dienone is 4. The minimum atomic E-state index is 0.457. The first-order valence-electron chi connectivity index (χ1n) is 12.0. The van der Waals surface area contributed by atoms with Crippen molar-refractivity contribution in [1.82, 2.24) is 5.32 Å². The van der Waals surface area contributed by atoms with Crippen LogP contribution in [0.5, 0.6) is 5.75 Å². The van der Waals surface area contributed by atoms with Crippen LogP contribution in [0.25, 0.3) is 11.1 Å². The summed E-state index contributed by atoms with van der Waals surface area (Å²) in [4.78, 5) is 4.88. The van der Waals surface area contributed by atoms with Gasteiger partial charge in [0, 0.05) is 11.1 Å². The van der Waals surface area contributed by atoms with Crippen molar-refractivity contribution in [2.75, 3.05) is 13.7 Å². The summed E-state index contributed by atoms with van der Waals surface area (Å²) in [5.74, 6) is 1.48. The maximum atomic E-state index is 9.73. The molecule has 0 saturated heterocycles. The van der Waals surface area contributed by atoms with Gasteiger partial charge in [-0.15, -0.1) is 0 Å². The number of benzene rings is 2. The van der Waals surface area contributed by atoms with Gasteiger partial charge in [-0.1, -0.05) is 62.4 Å². The van der Waals surface area contributed by atoms with Crippen molar-refractivity contribution in [1.29, 1.82) is 5.26 Å². The lowest BCUT2D eigenvalue weighted by Crippen LogP contribution is -2.21. The fourth-order valence-electron chi connectivity index (χ4n) is 3.64. The highest BCUT2D eigenvalue weighted by atomic mass is 16.5. The van der Waals surface area contributed by atoms with Crippen LogP contribution in [0, 0.1) is 25.2 Å². The molecule has 0 amide bonds.